The summed E-state index contributed by atoms with van der Waals surface area (Å²) >= 11 is 7.37. The number of hydrogen-bond donors (Lipinski definition) is 0. The highest BCUT2D eigenvalue weighted by Gasteiger charge is 2.66. The Bertz CT molecular complexity index is 575. The van der Waals surface area contributed by atoms with E-state index in [2.05, 4.69) is 31.9 Å². The Morgan fingerprint density at radius 3 is 2.08 bits per heavy atom. The van der Waals surface area contributed by atoms with Crippen molar-refractivity contribution >= 4 is 49.6 Å². The zero-order valence-electron chi connectivity index (χ0n) is 14.4. The van der Waals surface area contributed by atoms with E-state index in [1.807, 2.05) is 7.05 Å². The molecular formula is C18H24Br2N2O3. The number of fused-ring (bicyclic) bond motifs is 5. The van der Waals surface area contributed by atoms with Crippen LogP contribution in [0.3, 0.4) is 0 Å². The Morgan fingerprint density at radius 1 is 1.04 bits per heavy atom. The largest absolute Gasteiger partial charge is 0.341 e. The van der Waals surface area contributed by atoms with Gasteiger partial charge < -0.3 is 4.90 Å². The van der Waals surface area contributed by atoms with Crippen molar-refractivity contribution in [1.82, 2.24) is 9.80 Å². The SMILES string of the molecule is CN(C(=O)CN1C(=O)[C@@H]2[C@H]3C[C@@H]([C@H](Br)[C@H]3Br)[C@H]2C1=O)C1CCCCC1. The predicted molar refractivity (Wildman–Crippen MR) is 100 cm³/mol. The number of likely N-dealkylation sites (tertiary alicyclic amines) is 1. The van der Waals surface area contributed by atoms with Gasteiger partial charge in [0.05, 0.1) is 11.8 Å². The normalized spacial score (nSPS) is 40.7. The first kappa shape index (κ1) is 18.0. The Hall–Kier alpha value is -0.430. The number of carbonyl (C=O) groups excluding carboxylic acids is 3. The molecule has 0 aromatic heterocycles. The molecule has 4 aliphatic rings. The summed E-state index contributed by atoms with van der Waals surface area (Å²) in [7, 11) is 1.82. The summed E-state index contributed by atoms with van der Waals surface area (Å²) in [6.45, 7) is -0.0863. The van der Waals surface area contributed by atoms with Gasteiger partial charge in [-0.1, -0.05) is 51.1 Å². The Morgan fingerprint density at radius 2 is 1.56 bits per heavy atom. The zero-order chi connectivity index (χ0) is 17.9. The molecule has 5 nitrogen and oxygen atoms in total. The molecule has 1 aliphatic heterocycles. The van der Waals surface area contributed by atoms with Crippen LogP contribution in [-0.2, 0) is 14.4 Å². The lowest BCUT2D eigenvalue weighted by molar-refractivity contribution is -0.147. The number of imide groups is 1. The fourth-order valence-corrected chi connectivity index (χ4v) is 7.36. The van der Waals surface area contributed by atoms with Crippen molar-refractivity contribution in [3.8, 4) is 0 Å². The third-order valence-corrected chi connectivity index (χ3v) is 10.1. The van der Waals surface area contributed by atoms with Gasteiger partial charge in [0.15, 0.2) is 0 Å². The average Bonchev–Trinajstić information content (AvgIpc) is 3.22. The van der Waals surface area contributed by atoms with Crippen molar-refractivity contribution in [1.29, 1.82) is 0 Å². The fraction of sp³-hybridized carbons (Fsp3) is 0.833. The molecule has 0 aromatic rings. The second-order valence-corrected chi connectivity index (χ2v) is 10.2. The van der Waals surface area contributed by atoms with Gasteiger partial charge in [-0.3, -0.25) is 19.3 Å². The third-order valence-electron chi connectivity index (χ3n) is 6.89. The minimum atomic E-state index is -0.233. The maximum absolute atomic E-state index is 12.9. The van der Waals surface area contributed by atoms with Crippen LogP contribution in [0, 0.1) is 23.7 Å². The van der Waals surface area contributed by atoms with Crippen LogP contribution in [0.2, 0.25) is 0 Å². The van der Waals surface area contributed by atoms with E-state index < -0.39 is 0 Å². The number of halogens is 2. The van der Waals surface area contributed by atoms with Gasteiger partial charge >= 0.3 is 0 Å². The van der Waals surface area contributed by atoms with Crippen molar-refractivity contribution < 1.29 is 14.4 Å². The summed E-state index contributed by atoms with van der Waals surface area (Å²) in [5.41, 5.74) is 0. The summed E-state index contributed by atoms with van der Waals surface area (Å²) in [6, 6.07) is 0.253. The molecule has 25 heavy (non-hydrogen) atoms. The van der Waals surface area contributed by atoms with E-state index in [0.717, 1.165) is 32.1 Å². The van der Waals surface area contributed by atoms with Gasteiger partial charge in [-0.15, -0.1) is 0 Å². The second-order valence-electron chi connectivity index (χ2n) is 8.06. The quantitative estimate of drug-likeness (QED) is 0.465. The van der Waals surface area contributed by atoms with Crippen molar-refractivity contribution in [2.24, 2.45) is 23.7 Å². The molecule has 3 saturated carbocycles. The van der Waals surface area contributed by atoms with Gasteiger partial charge in [0.2, 0.25) is 17.7 Å². The maximum Gasteiger partial charge on any atom is 0.242 e. The Balaban J connectivity index is 1.46. The minimum Gasteiger partial charge on any atom is -0.341 e. The lowest BCUT2D eigenvalue weighted by Gasteiger charge is -2.32. The molecule has 3 amide bonds. The van der Waals surface area contributed by atoms with Crippen LogP contribution in [0.4, 0.5) is 0 Å². The number of carbonyl (C=O) groups is 3. The molecule has 0 unspecified atom stereocenters. The molecule has 4 fully saturated rings. The smallest absolute Gasteiger partial charge is 0.242 e. The first-order chi connectivity index (χ1) is 11.9. The van der Waals surface area contributed by atoms with Crippen LogP contribution in [0.15, 0.2) is 0 Å². The molecular weight excluding hydrogens is 452 g/mol. The Labute approximate surface area is 165 Å². The first-order valence-electron chi connectivity index (χ1n) is 9.31. The van der Waals surface area contributed by atoms with E-state index in [-0.39, 0.29) is 63.6 Å². The third kappa shape index (κ3) is 2.71. The second kappa shape index (κ2) is 6.63. The van der Waals surface area contributed by atoms with Crippen molar-refractivity contribution in [2.45, 2.75) is 54.2 Å². The van der Waals surface area contributed by atoms with Crippen LogP contribution in [0.1, 0.15) is 38.5 Å². The lowest BCUT2D eigenvalue weighted by Crippen LogP contribution is -2.46. The van der Waals surface area contributed by atoms with E-state index >= 15 is 0 Å². The Kier molecular flexibility index (Phi) is 4.76. The van der Waals surface area contributed by atoms with E-state index in [1.54, 1.807) is 4.90 Å². The molecule has 3 aliphatic carbocycles. The zero-order valence-corrected chi connectivity index (χ0v) is 17.5. The average molecular weight is 476 g/mol. The molecule has 0 spiro atoms. The monoisotopic (exact) mass is 474 g/mol. The summed E-state index contributed by atoms with van der Waals surface area (Å²) in [4.78, 5) is 41.9. The number of likely N-dealkylation sites (N-methyl/N-ethyl adjacent to an activating group) is 1. The molecule has 6 atom stereocenters. The van der Waals surface area contributed by atoms with Crippen LogP contribution >= 0.6 is 31.9 Å². The fourth-order valence-electron chi connectivity index (χ4n) is 5.49. The van der Waals surface area contributed by atoms with Crippen molar-refractivity contribution in [2.75, 3.05) is 13.6 Å². The standard InChI is InChI=1S/C18H24Br2N2O3/c1-21(9-5-3-2-4-6-9)12(23)8-22-17(24)13-10-7-11(14(13)18(22)25)16(20)15(10)19/h9-11,13-16H,2-8H2,1H3/t10-,11-,13-,14-,15+,16+/m1/s1. The van der Waals surface area contributed by atoms with Gasteiger partial charge in [0.25, 0.3) is 0 Å². The maximum atomic E-state index is 12.9. The van der Waals surface area contributed by atoms with Crippen LogP contribution in [0.25, 0.3) is 0 Å². The number of alkyl halides is 2. The van der Waals surface area contributed by atoms with Crippen molar-refractivity contribution in [3.63, 3.8) is 0 Å². The molecule has 2 bridgehead atoms. The van der Waals surface area contributed by atoms with Gasteiger partial charge in [0, 0.05) is 22.7 Å². The molecule has 0 N–H and O–H groups in total. The molecule has 0 aromatic carbocycles. The van der Waals surface area contributed by atoms with Gasteiger partial charge in [-0.25, -0.2) is 0 Å². The summed E-state index contributed by atoms with van der Waals surface area (Å²) in [6.07, 6.45) is 6.50. The molecule has 1 saturated heterocycles. The highest BCUT2D eigenvalue weighted by molar-refractivity contribution is 9.12. The first-order valence-corrected chi connectivity index (χ1v) is 11.1. The molecule has 138 valence electrons. The number of amides is 3. The van der Waals surface area contributed by atoms with Crippen molar-refractivity contribution in [3.05, 3.63) is 0 Å². The van der Waals surface area contributed by atoms with E-state index in [1.165, 1.54) is 11.3 Å². The summed E-state index contributed by atoms with van der Waals surface area (Å²) in [5.74, 6) is -0.425. The summed E-state index contributed by atoms with van der Waals surface area (Å²) < 4.78 is 0. The molecule has 1 heterocycles. The minimum absolute atomic E-state index is 0.0863. The highest BCUT2D eigenvalue weighted by Crippen LogP contribution is 2.60. The van der Waals surface area contributed by atoms with Crippen LogP contribution in [0.5, 0.6) is 0 Å². The van der Waals surface area contributed by atoms with Crippen LogP contribution in [-0.4, -0.2) is 56.8 Å². The van der Waals surface area contributed by atoms with E-state index in [0.29, 0.717) is 0 Å². The van der Waals surface area contributed by atoms with E-state index in [9.17, 15) is 14.4 Å². The predicted octanol–water partition coefficient (Wildman–Crippen LogP) is 2.56. The van der Waals surface area contributed by atoms with Gasteiger partial charge in [-0.05, 0) is 31.1 Å². The molecule has 4 rings (SSSR count). The molecule has 0 radical (unpaired) electrons. The van der Waals surface area contributed by atoms with E-state index in [4.69, 9.17) is 0 Å². The summed E-state index contributed by atoms with van der Waals surface area (Å²) in [5, 5.41) is 0. The highest BCUT2D eigenvalue weighted by atomic mass is 79.9. The molecule has 7 heteroatoms. The van der Waals surface area contributed by atoms with Gasteiger partial charge in [-0.2, -0.15) is 0 Å². The number of nitrogens with zero attached hydrogens (tertiary/aromatic N) is 2. The number of rotatable bonds is 3. The van der Waals surface area contributed by atoms with Crippen LogP contribution < -0.4 is 0 Å². The lowest BCUT2D eigenvalue weighted by atomic mass is 9.81. The topological polar surface area (TPSA) is 57.7 Å². The number of hydrogen-bond acceptors (Lipinski definition) is 3. The van der Waals surface area contributed by atoms with Gasteiger partial charge in [0.1, 0.15) is 6.54 Å².